The van der Waals surface area contributed by atoms with Crippen molar-refractivity contribution in [3.05, 3.63) is 35.9 Å². The smallest absolute Gasteiger partial charge is 0.0622 e. The molecule has 1 heteroatoms. The van der Waals surface area contributed by atoms with Crippen LogP contribution in [0.15, 0.2) is 30.3 Å². The maximum Gasteiger partial charge on any atom is 0.0797 e. The average molecular weight is 153 g/mol. The first-order valence-corrected chi connectivity index (χ1v) is 5.42. The molecule has 0 bridgehead atoms. The summed E-state index contributed by atoms with van der Waals surface area (Å²) in [7, 11) is 0.658. The average Bonchev–Trinajstić information content (AvgIpc) is 2.03. The van der Waals surface area contributed by atoms with E-state index in [-0.39, 0.29) is 0 Å². The van der Waals surface area contributed by atoms with E-state index in [1.165, 1.54) is 17.9 Å². The van der Waals surface area contributed by atoms with E-state index in [1.54, 1.807) is 0 Å². The van der Waals surface area contributed by atoms with Crippen LogP contribution < -0.4 is 0 Å². The molecular formula is C9H14P+. The van der Waals surface area contributed by atoms with Crippen LogP contribution in [0.5, 0.6) is 0 Å². The van der Waals surface area contributed by atoms with Crippen molar-refractivity contribution in [2.24, 2.45) is 0 Å². The van der Waals surface area contributed by atoms with Gasteiger partial charge in [-0.25, -0.2) is 0 Å². The third-order valence-electron chi connectivity index (χ3n) is 1.51. The Morgan fingerprint density at radius 1 is 1.20 bits per heavy atom. The molecule has 1 aromatic rings. The van der Waals surface area contributed by atoms with E-state index in [4.69, 9.17) is 0 Å². The number of benzene rings is 1. The van der Waals surface area contributed by atoms with Crippen LogP contribution in [-0.2, 0) is 6.16 Å². The molecule has 54 valence electrons. The van der Waals surface area contributed by atoms with Crippen LogP contribution in [-0.4, -0.2) is 6.16 Å². The fourth-order valence-corrected chi connectivity index (χ4v) is 1.82. The van der Waals surface area contributed by atoms with Crippen molar-refractivity contribution in [1.82, 2.24) is 0 Å². The van der Waals surface area contributed by atoms with Crippen LogP contribution in [0, 0.1) is 0 Å². The Labute approximate surface area is 64.4 Å². The van der Waals surface area contributed by atoms with Crippen molar-refractivity contribution in [1.29, 1.82) is 0 Å². The van der Waals surface area contributed by atoms with E-state index in [1.807, 2.05) is 0 Å². The molecule has 0 nitrogen and oxygen atoms in total. The summed E-state index contributed by atoms with van der Waals surface area (Å²) in [5, 5.41) is 0. The fraction of sp³-hybridized carbons (Fsp3) is 0.333. The van der Waals surface area contributed by atoms with Gasteiger partial charge < -0.3 is 0 Å². The largest absolute Gasteiger partial charge is 0.0797 e. The van der Waals surface area contributed by atoms with Crippen LogP contribution in [0.3, 0.4) is 0 Å². The third-order valence-corrected chi connectivity index (χ3v) is 2.85. The Hall–Kier alpha value is -0.350. The molecule has 0 spiro atoms. The molecule has 0 saturated heterocycles. The van der Waals surface area contributed by atoms with Crippen molar-refractivity contribution in [2.45, 2.75) is 13.1 Å². The molecule has 1 unspecified atom stereocenters. The molecular weight excluding hydrogens is 139 g/mol. The first kappa shape index (κ1) is 7.75. The van der Waals surface area contributed by atoms with Gasteiger partial charge >= 0.3 is 0 Å². The molecule has 1 rings (SSSR count). The molecule has 0 saturated carbocycles. The summed E-state index contributed by atoms with van der Waals surface area (Å²) < 4.78 is 0. The standard InChI is InChI=1S/C9H13P/c1-2-10-8-9-6-4-3-5-7-9/h3-7,10H,2,8H2,1H3/p+1. The van der Waals surface area contributed by atoms with E-state index in [0.717, 1.165) is 0 Å². The molecule has 0 radical (unpaired) electrons. The topological polar surface area (TPSA) is 0 Å². The van der Waals surface area contributed by atoms with Gasteiger partial charge in [-0.15, -0.1) is 0 Å². The van der Waals surface area contributed by atoms with Crippen molar-refractivity contribution in [3.8, 4) is 0 Å². The van der Waals surface area contributed by atoms with E-state index in [2.05, 4.69) is 37.3 Å². The van der Waals surface area contributed by atoms with Crippen LogP contribution in [0.1, 0.15) is 12.5 Å². The second kappa shape index (κ2) is 4.46. The van der Waals surface area contributed by atoms with Crippen LogP contribution in [0.2, 0.25) is 0 Å². The molecule has 0 heterocycles. The van der Waals surface area contributed by atoms with Gasteiger partial charge in [-0.05, 0) is 21.1 Å². The zero-order chi connectivity index (χ0) is 7.23. The second-order valence-corrected chi connectivity index (χ2v) is 4.19. The van der Waals surface area contributed by atoms with E-state index in [9.17, 15) is 0 Å². The fourth-order valence-electron chi connectivity index (χ4n) is 0.925. The molecule has 0 N–H and O–H groups in total. The molecule has 0 aliphatic carbocycles. The number of rotatable bonds is 3. The third kappa shape index (κ3) is 2.49. The summed E-state index contributed by atoms with van der Waals surface area (Å²) >= 11 is 0. The van der Waals surface area contributed by atoms with Gasteiger partial charge in [0.1, 0.15) is 0 Å². The van der Waals surface area contributed by atoms with Gasteiger partial charge in [0.15, 0.2) is 0 Å². The molecule has 0 aliphatic rings. The summed E-state index contributed by atoms with van der Waals surface area (Å²) in [6.45, 7) is 2.26. The first-order valence-electron chi connectivity index (χ1n) is 3.79. The van der Waals surface area contributed by atoms with Crippen molar-refractivity contribution in [3.63, 3.8) is 0 Å². The highest BCUT2D eigenvalue weighted by molar-refractivity contribution is 7.37. The predicted octanol–water partition coefficient (Wildman–Crippen LogP) is 2.62. The lowest BCUT2D eigenvalue weighted by molar-refractivity contribution is 1.38. The van der Waals surface area contributed by atoms with Gasteiger partial charge in [0.2, 0.25) is 0 Å². The second-order valence-electron chi connectivity index (χ2n) is 2.39. The molecule has 0 aliphatic heterocycles. The summed E-state index contributed by atoms with van der Waals surface area (Å²) in [5.41, 5.74) is 1.50. The van der Waals surface area contributed by atoms with Gasteiger partial charge in [-0.1, -0.05) is 30.3 Å². The lowest BCUT2D eigenvalue weighted by Crippen LogP contribution is -1.75. The highest BCUT2D eigenvalue weighted by Crippen LogP contribution is 2.16. The van der Waals surface area contributed by atoms with E-state index >= 15 is 0 Å². The zero-order valence-corrected chi connectivity index (χ0v) is 7.53. The highest BCUT2D eigenvalue weighted by atomic mass is 31.1. The Kier molecular flexibility index (Phi) is 3.46. The summed E-state index contributed by atoms with van der Waals surface area (Å²) in [5.74, 6) is 0. The van der Waals surface area contributed by atoms with Gasteiger partial charge in [0, 0.05) is 0 Å². The van der Waals surface area contributed by atoms with Crippen molar-refractivity contribution >= 4 is 8.58 Å². The maximum absolute atomic E-state index is 2.26. The number of hydrogen-bond donors (Lipinski definition) is 0. The Morgan fingerprint density at radius 3 is 2.50 bits per heavy atom. The first-order chi connectivity index (χ1) is 4.93. The summed E-state index contributed by atoms with van der Waals surface area (Å²) in [4.78, 5) is 0. The lowest BCUT2D eigenvalue weighted by Gasteiger charge is -1.91. The molecule has 0 amide bonds. The molecule has 0 aromatic heterocycles. The van der Waals surface area contributed by atoms with Crippen LogP contribution >= 0.6 is 8.58 Å². The summed E-state index contributed by atoms with van der Waals surface area (Å²) in [6.07, 6.45) is 2.69. The van der Waals surface area contributed by atoms with Crippen LogP contribution in [0.4, 0.5) is 0 Å². The molecule has 1 atom stereocenters. The van der Waals surface area contributed by atoms with Gasteiger partial charge in [-0.2, -0.15) is 0 Å². The van der Waals surface area contributed by atoms with Gasteiger partial charge in [0.05, 0.1) is 12.3 Å². The molecule has 1 aromatic carbocycles. The molecule has 10 heavy (non-hydrogen) atoms. The SMILES string of the molecule is CC[PH2+]Cc1ccccc1. The number of hydrogen-bond acceptors (Lipinski definition) is 0. The maximum atomic E-state index is 2.26. The Bertz CT molecular complexity index is 169. The molecule has 0 fully saturated rings. The Balaban J connectivity index is 2.43. The van der Waals surface area contributed by atoms with E-state index < -0.39 is 0 Å². The monoisotopic (exact) mass is 153 g/mol. The quantitative estimate of drug-likeness (QED) is 0.585. The summed E-state index contributed by atoms with van der Waals surface area (Å²) in [6, 6.07) is 10.7. The predicted molar refractivity (Wildman–Crippen MR) is 50.4 cm³/mol. The van der Waals surface area contributed by atoms with Crippen LogP contribution in [0.25, 0.3) is 0 Å². The normalized spacial score (nSPS) is 10.9. The minimum atomic E-state index is 0.658. The van der Waals surface area contributed by atoms with Crippen molar-refractivity contribution in [2.75, 3.05) is 6.16 Å². The minimum Gasteiger partial charge on any atom is -0.0622 e. The van der Waals surface area contributed by atoms with Gasteiger partial charge in [-0.3, -0.25) is 0 Å². The minimum absolute atomic E-state index is 0.658. The Morgan fingerprint density at radius 2 is 1.90 bits per heavy atom. The highest BCUT2D eigenvalue weighted by Gasteiger charge is 1.92. The lowest BCUT2D eigenvalue weighted by atomic mass is 10.2. The zero-order valence-electron chi connectivity index (χ0n) is 6.38. The van der Waals surface area contributed by atoms with E-state index in [0.29, 0.717) is 8.58 Å². The van der Waals surface area contributed by atoms with Crippen molar-refractivity contribution < 1.29 is 0 Å². The van der Waals surface area contributed by atoms with Gasteiger partial charge in [0.25, 0.3) is 0 Å².